The highest BCUT2D eigenvalue weighted by molar-refractivity contribution is 5.96. The van der Waals surface area contributed by atoms with Gasteiger partial charge in [-0.1, -0.05) is 11.6 Å². The predicted octanol–water partition coefficient (Wildman–Crippen LogP) is 2.38. The van der Waals surface area contributed by atoms with Crippen LogP contribution in [0.3, 0.4) is 0 Å². The number of nitrogens with zero attached hydrogens (tertiary/aromatic N) is 5. The molecule has 0 fully saturated rings. The number of amides is 3. The highest BCUT2D eigenvalue weighted by atomic mass is 16.5. The number of aromatic amines is 1. The number of alkyl carbamates (subject to hydrolysis) is 1. The van der Waals surface area contributed by atoms with Gasteiger partial charge < -0.3 is 29.8 Å². The van der Waals surface area contributed by atoms with Crippen LogP contribution in [0.25, 0.3) is 17.2 Å². The van der Waals surface area contributed by atoms with Gasteiger partial charge in [-0.15, -0.1) is 0 Å². The van der Waals surface area contributed by atoms with Gasteiger partial charge >= 0.3 is 6.09 Å². The third-order valence-corrected chi connectivity index (χ3v) is 5.68. The average molecular weight is 551 g/mol. The van der Waals surface area contributed by atoms with Crippen LogP contribution in [-0.2, 0) is 20.9 Å². The van der Waals surface area contributed by atoms with Gasteiger partial charge in [0.1, 0.15) is 28.9 Å². The van der Waals surface area contributed by atoms with Gasteiger partial charge in [0.15, 0.2) is 5.65 Å². The van der Waals surface area contributed by atoms with Crippen molar-refractivity contribution in [1.82, 2.24) is 34.7 Å². The monoisotopic (exact) mass is 550 g/mol. The predicted molar refractivity (Wildman–Crippen MR) is 151 cm³/mol. The summed E-state index contributed by atoms with van der Waals surface area (Å²) in [7, 11) is 4.43. The number of methoxy groups -OCH3 is 1. The van der Waals surface area contributed by atoms with Crippen LogP contribution in [0.4, 0.5) is 10.5 Å². The second-order valence-electron chi connectivity index (χ2n) is 9.50. The van der Waals surface area contributed by atoms with Gasteiger partial charge in [0, 0.05) is 20.3 Å². The fraction of sp³-hybridized carbons (Fsp3) is 0.370. The zero-order valence-corrected chi connectivity index (χ0v) is 23.4. The SMILES string of the molecule is COC(=O)N[C@@H](CC/C=C/C(=O)N(C)C)C(=O)Nc1cccn(Cc2nc3nc(C)nc(C=C(C)C)c3[nH]2)c1=O. The number of fused-ring (bicyclic) bond motifs is 1. The third-order valence-electron chi connectivity index (χ3n) is 5.68. The second-order valence-corrected chi connectivity index (χ2v) is 9.50. The van der Waals surface area contributed by atoms with E-state index in [0.717, 1.165) is 5.57 Å². The molecule has 3 aromatic heterocycles. The molecule has 3 rings (SSSR count). The van der Waals surface area contributed by atoms with Gasteiger partial charge in [0.05, 0.1) is 19.3 Å². The van der Waals surface area contributed by atoms with Crippen molar-refractivity contribution in [2.75, 3.05) is 26.5 Å². The first-order chi connectivity index (χ1) is 19.0. The van der Waals surface area contributed by atoms with E-state index in [4.69, 9.17) is 0 Å². The van der Waals surface area contributed by atoms with Crippen LogP contribution in [0.1, 0.15) is 44.0 Å². The van der Waals surface area contributed by atoms with Gasteiger partial charge in [0.25, 0.3) is 5.56 Å². The minimum Gasteiger partial charge on any atom is -0.453 e. The lowest BCUT2D eigenvalue weighted by atomic mass is 10.1. The van der Waals surface area contributed by atoms with Crippen molar-refractivity contribution in [2.45, 2.75) is 46.2 Å². The van der Waals surface area contributed by atoms with Crippen LogP contribution in [0.5, 0.6) is 0 Å². The lowest BCUT2D eigenvalue weighted by Gasteiger charge is -2.17. The van der Waals surface area contributed by atoms with Gasteiger partial charge in [-0.3, -0.25) is 14.4 Å². The molecule has 13 nitrogen and oxygen atoms in total. The number of H-pyrrole nitrogens is 1. The molecule has 0 aromatic carbocycles. The molecule has 1 atom stereocenters. The fourth-order valence-electron chi connectivity index (χ4n) is 3.74. The van der Waals surface area contributed by atoms with Crippen LogP contribution >= 0.6 is 0 Å². The number of nitrogens with one attached hydrogen (secondary N) is 3. The Morgan fingerprint density at radius 1 is 1.20 bits per heavy atom. The van der Waals surface area contributed by atoms with E-state index in [1.165, 1.54) is 28.7 Å². The van der Waals surface area contributed by atoms with Crippen LogP contribution in [0.15, 0.2) is 40.8 Å². The number of aromatic nitrogens is 5. The largest absolute Gasteiger partial charge is 0.453 e. The third kappa shape index (κ3) is 7.85. The maximum absolute atomic E-state index is 13.2. The Balaban J connectivity index is 1.79. The van der Waals surface area contributed by atoms with Crippen molar-refractivity contribution in [3.63, 3.8) is 0 Å². The second kappa shape index (κ2) is 13.3. The molecule has 0 aliphatic heterocycles. The zero-order valence-electron chi connectivity index (χ0n) is 23.4. The summed E-state index contributed by atoms with van der Waals surface area (Å²) in [6, 6.07) is 2.09. The van der Waals surface area contributed by atoms with E-state index in [0.29, 0.717) is 34.9 Å². The number of rotatable bonds is 10. The lowest BCUT2D eigenvalue weighted by Crippen LogP contribution is -2.44. The summed E-state index contributed by atoms with van der Waals surface area (Å²) >= 11 is 0. The molecule has 0 radical (unpaired) electrons. The number of carbonyl (C=O) groups excluding carboxylic acids is 3. The maximum atomic E-state index is 13.2. The van der Waals surface area contributed by atoms with Gasteiger partial charge in [0.2, 0.25) is 11.8 Å². The standard InChI is InChI=1S/C27H34N8O5/c1-16(2)14-20-23-24(29-17(3)28-20)33-21(32-23)15-35-13-9-11-19(26(35)38)30-25(37)18(31-27(39)40-6)10-7-8-12-22(36)34(4)5/h8-9,11-14,18H,7,10,15H2,1-6H3,(H,30,37)(H,31,39)(H,28,29,32,33)/b12-8+/t18-/m0/s1. The number of hydrogen-bond donors (Lipinski definition) is 3. The van der Waals surface area contributed by atoms with Crippen LogP contribution in [0, 0.1) is 6.92 Å². The number of aryl methyl sites for hydroxylation is 1. The number of imidazole rings is 1. The maximum Gasteiger partial charge on any atom is 0.407 e. The molecule has 0 saturated heterocycles. The Morgan fingerprint density at radius 2 is 1.95 bits per heavy atom. The number of likely N-dealkylation sites (N-methyl/N-ethyl adjacent to an activating group) is 1. The summed E-state index contributed by atoms with van der Waals surface area (Å²) in [6.45, 7) is 5.82. The summed E-state index contributed by atoms with van der Waals surface area (Å²) in [5.74, 6) is 0.267. The van der Waals surface area contributed by atoms with Crippen LogP contribution < -0.4 is 16.2 Å². The minimum atomic E-state index is -1.01. The highest BCUT2D eigenvalue weighted by Crippen LogP contribution is 2.17. The Kier molecular flexibility index (Phi) is 9.90. The molecule has 0 aliphatic rings. The Labute approximate surface area is 231 Å². The van der Waals surface area contributed by atoms with E-state index in [-0.39, 0.29) is 24.6 Å². The molecule has 0 aliphatic carbocycles. The van der Waals surface area contributed by atoms with Gasteiger partial charge in [-0.25, -0.2) is 19.7 Å². The molecule has 212 valence electrons. The molecular formula is C27H34N8O5. The zero-order chi connectivity index (χ0) is 29.4. The number of hydrogen-bond acceptors (Lipinski definition) is 8. The Hall–Kier alpha value is -4.81. The molecule has 0 saturated carbocycles. The molecule has 0 unspecified atom stereocenters. The summed E-state index contributed by atoms with van der Waals surface area (Å²) in [5.41, 5.74) is 2.49. The fourth-order valence-corrected chi connectivity index (χ4v) is 3.74. The molecule has 0 bridgehead atoms. The van der Waals surface area contributed by atoms with E-state index in [1.807, 2.05) is 19.9 Å². The summed E-state index contributed by atoms with van der Waals surface area (Å²) in [5, 5.41) is 5.06. The summed E-state index contributed by atoms with van der Waals surface area (Å²) < 4.78 is 6.03. The smallest absolute Gasteiger partial charge is 0.407 e. The van der Waals surface area contributed by atoms with E-state index in [9.17, 15) is 19.2 Å². The topological polar surface area (TPSA) is 164 Å². The van der Waals surface area contributed by atoms with E-state index in [1.54, 1.807) is 39.4 Å². The Morgan fingerprint density at radius 3 is 2.62 bits per heavy atom. The molecule has 13 heteroatoms. The number of ether oxygens (including phenoxy) is 1. The van der Waals surface area contributed by atoms with E-state index in [2.05, 4.69) is 35.3 Å². The van der Waals surface area contributed by atoms with E-state index >= 15 is 0 Å². The first-order valence-corrected chi connectivity index (χ1v) is 12.6. The normalized spacial score (nSPS) is 11.8. The quantitative estimate of drug-likeness (QED) is 0.324. The number of pyridine rings is 1. The van der Waals surface area contributed by atoms with E-state index < -0.39 is 23.6 Å². The van der Waals surface area contributed by atoms with Crippen LogP contribution in [-0.4, -0.2) is 74.6 Å². The molecule has 3 heterocycles. The molecule has 0 spiro atoms. The molecular weight excluding hydrogens is 516 g/mol. The average Bonchev–Trinajstić information content (AvgIpc) is 3.29. The molecule has 3 N–H and O–H groups in total. The molecule has 3 amide bonds. The number of allylic oxidation sites excluding steroid dienone is 2. The Bertz CT molecular complexity index is 1510. The summed E-state index contributed by atoms with van der Waals surface area (Å²) in [4.78, 5) is 67.8. The molecule has 3 aromatic rings. The van der Waals surface area contributed by atoms with Crippen molar-refractivity contribution < 1.29 is 19.1 Å². The summed E-state index contributed by atoms with van der Waals surface area (Å²) in [6.07, 6.45) is 6.20. The first kappa shape index (κ1) is 29.7. The highest BCUT2D eigenvalue weighted by Gasteiger charge is 2.22. The molecule has 40 heavy (non-hydrogen) atoms. The van der Waals surface area contributed by atoms with Crippen molar-refractivity contribution in [3.05, 3.63) is 63.8 Å². The van der Waals surface area contributed by atoms with Gasteiger partial charge in [-0.2, -0.15) is 0 Å². The van der Waals surface area contributed by atoms with Crippen molar-refractivity contribution in [2.24, 2.45) is 0 Å². The minimum absolute atomic E-state index is 0.0273. The van der Waals surface area contributed by atoms with Crippen molar-refractivity contribution in [1.29, 1.82) is 0 Å². The lowest BCUT2D eigenvalue weighted by molar-refractivity contribution is -0.123. The van der Waals surface area contributed by atoms with Crippen LogP contribution in [0.2, 0.25) is 0 Å². The number of anilines is 1. The first-order valence-electron chi connectivity index (χ1n) is 12.6. The van der Waals surface area contributed by atoms with Gasteiger partial charge in [-0.05, 0) is 57.9 Å². The number of carbonyl (C=O) groups is 3. The van der Waals surface area contributed by atoms with Crippen molar-refractivity contribution >= 4 is 40.8 Å². The van der Waals surface area contributed by atoms with Crippen molar-refractivity contribution in [3.8, 4) is 0 Å².